The standard InChI is InChI=1S/C8H7NO3.C7H7Br/c10-5-1-2-6-7(3-5)12-4-8(11)9-6;8-6-7-4-2-1-3-5-7/h1-3,10H,4H2,(H,9,11);1-5H,6H2. The van der Waals surface area contributed by atoms with Crippen molar-refractivity contribution < 1.29 is 14.6 Å². The number of hydrogen-bond donors (Lipinski definition) is 2. The molecule has 2 aromatic rings. The van der Waals surface area contributed by atoms with Gasteiger partial charge in [-0.1, -0.05) is 46.3 Å². The van der Waals surface area contributed by atoms with Crippen LogP contribution in [-0.2, 0) is 10.1 Å². The summed E-state index contributed by atoms with van der Waals surface area (Å²) < 4.78 is 5.04. The first-order chi connectivity index (χ1) is 9.69. The highest BCUT2D eigenvalue weighted by Gasteiger charge is 2.15. The number of carbonyl (C=O) groups excluding carboxylic acids is 1. The zero-order valence-corrected chi connectivity index (χ0v) is 12.3. The summed E-state index contributed by atoms with van der Waals surface area (Å²) in [6.45, 7) is 0.0104. The molecule has 3 rings (SSSR count). The van der Waals surface area contributed by atoms with Crippen LogP contribution in [0.25, 0.3) is 0 Å². The fourth-order valence-corrected chi connectivity index (χ4v) is 2.00. The number of anilines is 1. The van der Waals surface area contributed by atoms with Crippen LogP contribution in [0.2, 0.25) is 0 Å². The van der Waals surface area contributed by atoms with Crippen molar-refractivity contribution in [3.8, 4) is 11.5 Å². The van der Waals surface area contributed by atoms with Crippen molar-refractivity contribution in [1.82, 2.24) is 0 Å². The molecule has 0 saturated heterocycles. The average molecular weight is 336 g/mol. The minimum absolute atomic E-state index is 0.0104. The second kappa shape index (κ2) is 6.96. The molecule has 0 aromatic heterocycles. The van der Waals surface area contributed by atoms with Crippen LogP contribution in [0.4, 0.5) is 5.69 Å². The maximum absolute atomic E-state index is 10.8. The van der Waals surface area contributed by atoms with E-state index < -0.39 is 0 Å². The lowest BCUT2D eigenvalue weighted by Gasteiger charge is -2.17. The van der Waals surface area contributed by atoms with E-state index in [1.54, 1.807) is 6.07 Å². The van der Waals surface area contributed by atoms with E-state index in [0.29, 0.717) is 11.4 Å². The minimum atomic E-state index is -0.173. The Labute approximate surface area is 125 Å². The molecule has 2 N–H and O–H groups in total. The molecule has 0 atom stereocenters. The van der Waals surface area contributed by atoms with Crippen LogP contribution in [-0.4, -0.2) is 17.6 Å². The highest BCUT2D eigenvalue weighted by molar-refractivity contribution is 9.08. The zero-order chi connectivity index (χ0) is 14.4. The first-order valence-electron chi connectivity index (χ1n) is 6.04. The zero-order valence-electron chi connectivity index (χ0n) is 10.7. The van der Waals surface area contributed by atoms with Crippen LogP contribution in [0.3, 0.4) is 0 Å². The molecule has 0 saturated carbocycles. The smallest absolute Gasteiger partial charge is 0.262 e. The first-order valence-corrected chi connectivity index (χ1v) is 7.17. The number of benzene rings is 2. The molecule has 5 heteroatoms. The van der Waals surface area contributed by atoms with E-state index >= 15 is 0 Å². The third-order valence-electron chi connectivity index (χ3n) is 2.60. The van der Waals surface area contributed by atoms with Crippen molar-refractivity contribution in [3.63, 3.8) is 0 Å². The number of hydrogen-bond acceptors (Lipinski definition) is 3. The van der Waals surface area contributed by atoms with E-state index in [2.05, 4.69) is 33.4 Å². The maximum Gasteiger partial charge on any atom is 0.262 e. The summed E-state index contributed by atoms with van der Waals surface area (Å²) >= 11 is 3.36. The molecule has 0 unspecified atom stereocenters. The minimum Gasteiger partial charge on any atom is -0.508 e. The van der Waals surface area contributed by atoms with Gasteiger partial charge in [0.15, 0.2) is 6.61 Å². The molecular formula is C15H14BrNO3. The third-order valence-corrected chi connectivity index (χ3v) is 3.24. The van der Waals surface area contributed by atoms with Crippen molar-refractivity contribution in [1.29, 1.82) is 0 Å². The van der Waals surface area contributed by atoms with Crippen LogP contribution in [0.15, 0.2) is 48.5 Å². The number of nitrogens with one attached hydrogen (secondary N) is 1. The van der Waals surface area contributed by atoms with Gasteiger partial charge in [-0.25, -0.2) is 0 Å². The Morgan fingerprint density at radius 1 is 1.20 bits per heavy atom. The number of phenolic OH excluding ortho intramolecular Hbond substituents is 1. The Balaban J connectivity index is 0.000000160. The van der Waals surface area contributed by atoms with E-state index in [9.17, 15) is 4.79 Å². The summed E-state index contributed by atoms with van der Waals surface area (Å²) in [6, 6.07) is 14.8. The maximum atomic E-state index is 10.8. The van der Waals surface area contributed by atoms with Gasteiger partial charge in [0.2, 0.25) is 0 Å². The van der Waals surface area contributed by atoms with E-state index in [1.165, 1.54) is 17.7 Å². The lowest BCUT2D eigenvalue weighted by molar-refractivity contribution is -0.118. The predicted molar refractivity (Wildman–Crippen MR) is 81.3 cm³/mol. The predicted octanol–water partition coefficient (Wildman–Crippen LogP) is 3.30. The van der Waals surface area contributed by atoms with Gasteiger partial charge in [-0.2, -0.15) is 0 Å². The second-order valence-electron chi connectivity index (χ2n) is 4.14. The number of carbonyl (C=O) groups is 1. The summed E-state index contributed by atoms with van der Waals surface area (Å²) in [6.07, 6.45) is 0. The van der Waals surface area contributed by atoms with Crippen molar-refractivity contribution in [2.24, 2.45) is 0 Å². The van der Waals surface area contributed by atoms with Crippen LogP contribution in [0.5, 0.6) is 11.5 Å². The molecule has 1 aliphatic heterocycles. The summed E-state index contributed by atoms with van der Waals surface area (Å²) in [5.74, 6) is 0.465. The Bertz CT molecular complexity index is 587. The van der Waals surface area contributed by atoms with Crippen LogP contribution >= 0.6 is 15.9 Å². The van der Waals surface area contributed by atoms with E-state index in [-0.39, 0.29) is 18.3 Å². The molecule has 1 heterocycles. The number of rotatable bonds is 1. The number of amides is 1. The quantitative estimate of drug-likeness (QED) is 0.621. The summed E-state index contributed by atoms with van der Waals surface area (Å²) in [7, 11) is 0. The fourth-order valence-electron chi connectivity index (χ4n) is 1.63. The Hall–Kier alpha value is -2.01. The van der Waals surface area contributed by atoms with Crippen molar-refractivity contribution >= 4 is 27.5 Å². The molecule has 0 radical (unpaired) electrons. The Morgan fingerprint density at radius 2 is 1.95 bits per heavy atom. The van der Waals surface area contributed by atoms with Gasteiger partial charge in [0.1, 0.15) is 11.5 Å². The van der Waals surface area contributed by atoms with Gasteiger partial charge >= 0.3 is 0 Å². The number of phenols is 1. The monoisotopic (exact) mass is 335 g/mol. The normalized spacial score (nSPS) is 12.3. The summed E-state index contributed by atoms with van der Waals surface area (Å²) in [5.41, 5.74) is 1.93. The molecule has 0 aliphatic carbocycles. The van der Waals surface area contributed by atoms with Gasteiger partial charge in [-0.3, -0.25) is 4.79 Å². The number of aromatic hydroxyl groups is 1. The van der Waals surface area contributed by atoms with Crippen molar-refractivity contribution in [3.05, 3.63) is 54.1 Å². The Morgan fingerprint density at radius 3 is 2.60 bits per heavy atom. The topological polar surface area (TPSA) is 58.6 Å². The number of fused-ring (bicyclic) bond motifs is 1. The van der Waals surface area contributed by atoms with E-state index in [4.69, 9.17) is 9.84 Å². The van der Waals surface area contributed by atoms with Crippen LogP contribution in [0.1, 0.15) is 5.56 Å². The lowest BCUT2D eigenvalue weighted by atomic mass is 10.2. The van der Waals surface area contributed by atoms with Crippen LogP contribution < -0.4 is 10.1 Å². The van der Waals surface area contributed by atoms with Gasteiger partial charge in [-0.05, 0) is 17.7 Å². The molecular weight excluding hydrogens is 322 g/mol. The van der Waals surface area contributed by atoms with Gasteiger partial charge < -0.3 is 15.2 Å². The third kappa shape index (κ3) is 3.99. The first kappa shape index (κ1) is 14.4. The molecule has 0 fully saturated rings. The lowest BCUT2D eigenvalue weighted by Crippen LogP contribution is -2.25. The molecule has 20 heavy (non-hydrogen) atoms. The molecule has 104 valence electrons. The van der Waals surface area contributed by atoms with Crippen molar-refractivity contribution in [2.45, 2.75) is 5.33 Å². The summed E-state index contributed by atoms with van der Waals surface area (Å²) in [4.78, 5) is 10.8. The summed E-state index contributed by atoms with van der Waals surface area (Å²) in [5, 5.41) is 12.6. The Kier molecular flexibility index (Phi) is 5.01. The van der Waals surface area contributed by atoms with Gasteiger partial charge in [0.05, 0.1) is 5.69 Å². The number of ether oxygens (including phenoxy) is 1. The van der Waals surface area contributed by atoms with Gasteiger partial charge in [-0.15, -0.1) is 0 Å². The largest absolute Gasteiger partial charge is 0.508 e. The second-order valence-corrected chi connectivity index (χ2v) is 4.70. The van der Waals surface area contributed by atoms with Gasteiger partial charge in [0.25, 0.3) is 5.91 Å². The SMILES string of the molecule is BrCc1ccccc1.O=C1COc2cc(O)ccc2N1. The molecule has 1 aliphatic rings. The van der Waals surface area contributed by atoms with Gasteiger partial charge in [0, 0.05) is 11.4 Å². The average Bonchev–Trinajstić information content (AvgIpc) is 2.49. The molecule has 1 amide bonds. The van der Waals surface area contributed by atoms with Crippen LogP contribution in [0, 0.1) is 0 Å². The number of halogens is 1. The van der Waals surface area contributed by atoms with E-state index in [1.807, 2.05) is 18.2 Å². The highest BCUT2D eigenvalue weighted by Crippen LogP contribution is 2.30. The highest BCUT2D eigenvalue weighted by atomic mass is 79.9. The van der Waals surface area contributed by atoms with Crippen molar-refractivity contribution in [2.75, 3.05) is 11.9 Å². The molecule has 0 spiro atoms. The number of alkyl halides is 1. The molecule has 2 aromatic carbocycles. The molecule has 4 nitrogen and oxygen atoms in total. The van der Waals surface area contributed by atoms with E-state index in [0.717, 1.165) is 5.33 Å². The fraction of sp³-hybridized carbons (Fsp3) is 0.133. The molecule has 0 bridgehead atoms.